The minimum absolute atomic E-state index is 0. The molecule has 2 aliphatic rings. The smallest absolute Gasteiger partial charge is 0.248 e. The largest absolute Gasteiger partial charge is 0.384 e. The van der Waals surface area contributed by atoms with E-state index in [4.69, 9.17) is 5.73 Å². The minimum atomic E-state index is -0.409. The molecule has 1 fully saturated rings. The monoisotopic (exact) mass is 269 g/mol. The number of benzene rings is 1. The van der Waals surface area contributed by atoms with Gasteiger partial charge < -0.3 is 16.3 Å². The first-order chi connectivity index (χ1) is 8.11. The Morgan fingerprint density at radius 2 is 2.28 bits per heavy atom. The van der Waals surface area contributed by atoms with E-state index >= 15 is 0 Å². The zero-order valence-electron chi connectivity index (χ0n) is 9.85. The lowest BCUT2D eigenvalue weighted by molar-refractivity contribution is -0.0723. The van der Waals surface area contributed by atoms with E-state index in [1.807, 2.05) is 12.1 Å². The maximum absolute atomic E-state index is 11.2. The van der Waals surface area contributed by atoms with Gasteiger partial charge in [-0.15, -0.1) is 12.4 Å². The molecule has 5 nitrogen and oxygen atoms in total. The average Bonchev–Trinajstić information content (AvgIpc) is 2.85. The van der Waals surface area contributed by atoms with Gasteiger partial charge in [-0.2, -0.15) is 5.06 Å². The third kappa shape index (κ3) is 1.84. The summed E-state index contributed by atoms with van der Waals surface area (Å²) < 4.78 is 0. The van der Waals surface area contributed by atoms with Gasteiger partial charge in [-0.25, -0.2) is 0 Å². The van der Waals surface area contributed by atoms with Crippen LogP contribution in [0.15, 0.2) is 18.2 Å². The van der Waals surface area contributed by atoms with Gasteiger partial charge in [0.1, 0.15) is 0 Å². The molecule has 1 aromatic carbocycles. The van der Waals surface area contributed by atoms with Gasteiger partial charge in [-0.1, -0.05) is 0 Å². The molecular weight excluding hydrogens is 254 g/mol. The molecule has 1 unspecified atom stereocenters. The Balaban J connectivity index is 0.00000120. The summed E-state index contributed by atoms with van der Waals surface area (Å²) in [6.07, 6.45) is 0.895. The van der Waals surface area contributed by atoms with Crippen LogP contribution in [0.4, 0.5) is 5.69 Å². The Bertz CT molecular complexity index is 490. The highest BCUT2D eigenvalue weighted by Crippen LogP contribution is 2.43. The fraction of sp³-hybridized carbons (Fsp3) is 0.417. The van der Waals surface area contributed by atoms with Crippen molar-refractivity contribution in [1.82, 2.24) is 5.06 Å². The second-order valence-corrected chi connectivity index (χ2v) is 4.90. The van der Waals surface area contributed by atoms with Crippen LogP contribution < -0.4 is 11.1 Å². The van der Waals surface area contributed by atoms with Crippen LogP contribution in [-0.2, 0) is 5.41 Å². The van der Waals surface area contributed by atoms with Gasteiger partial charge in [-0.05, 0) is 30.2 Å². The van der Waals surface area contributed by atoms with E-state index in [1.165, 1.54) is 5.06 Å². The Labute approximate surface area is 111 Å². The maximum Gasteiger partial charge on any atom is 0.248 e. The van der Waals surface area contributed by atoms with Crippen molar-refractivity contribution >= 4 is 24.0 Å². The number of hydroxylamine groups is 2. The quantitative estimate of drug-likeness (QED) is 0.710. The summed E-state index contributed by atoms with van der Waals surface area (Å²) in [4.78, 5) is 11.2. The molecule has 1 amide bonds. The molecule has 1 saturated heterocycles. The lowest BCUT2D eigenvalue weighted by Gasteiger charge is -2.22. The van der Waals surface area contributed by atoms with Crippen molar-refractivity contribution in [2.75, 3.05) is 25.0 Å². The fourth-order valence-corrected chi connectivity index (χ4v) is 2.86. The number of nitrogens with one attached hydrogen (secondary N) is 1. The number of rotatable bonds is 1. The number of hydrogen-bond acceptors (Lipinski definition) is 4. The van der Waals surface area contributed by atoms with Crippen LogP contribution in [0.1, 0.15) is 22.3 Å². The van der Waals surface area contributed by atoms with Crippen LogP contribution in [0.5, 0.6) is 0 Å². The van der Waals surface area contributed by atoms with Gasteiger partial charge in [0, 0.05) is 36.3 Å². The van der Waals surface area contributed by atoms with E-state index in [1.54, 1.807) is 6.07 Å². The topological polar surface area (TPSA) is 78.6 Å². The molecule has 6 heteroatoms. The molecule has 2 heterocycles. The Morgan fingerprint density at radius 1 is 1.50 bits per heavy atom. The maximum atomic E-state index is 11.2. The summed E-state index contributed by atoms with van der Waals surface area (Å²) >= 11 is 0. The summed E-state index contributed by atoms with van der Waals surface area (Å²) in [5.74, 6) is -0.409. The number of nitrogens with zero attached hydrogens (tertiary/aromatic N) is 1. The molecule has 2 aliphatic heterocycles. The summed E-state index contributed by atoms with van der Waals surface area (Å²) in [6, 6.07) is 5.49. The molecule has 3 rings (SSSR count). The van der Waals surface area contributed by atoms with Crippen molar-refractivity contribution < 1.29 is 10.0 Å². The van der Waals surface area contributed by atoms with Crippen molar-refractivity contribution in [3.8, 4) is 0 Å². The zero-order valence-corrected chi connectivity index (χ0v) is 10.7. The van der Waals surface area contributed by atoms with Crippen LogP contribution in [0.25, 0.3) is 0 Å². The van der Waals surface area contributed by atoms with E-state index in [-0.39, 0.29) is 17.8 Å². The van der Waals surface area contributed by atoms with E-state index in [0.717, 1.165) is 24.2 Å². The van der Waals surface area contributed by atoms with Gasteiger partial charge in [0.25, 0.3) is 0 Å². The standard InChI is InChI=1S/C12H15N3O2.ClH/c13-11(16)8-1-2-10-9(5-8)12(6-14-10)3-4-15(17)7-12;/h1-2,5,14,17H,3-4,6-7H2,(H2,13,16);1H. The second-order valence-electron chi connectivity index (χ2n) is 4.90. The molecule has 0 bridgehead atoms. The third-order valence-corrected chi connectivity index (χ3v) is 3.83. The molecule has 18 heavy (non-hydrogen) atoms. The molecule has 4 N–H and O–H groups in total. The van der Waals surface area contributed by atoms with Crippen molar-refractivity contribution in [2.45, 2.75) is 11.8 Å². The van der Waals surface area contributed by atoms with Crippen molar-refractivity contribution in [3.05, 3.63) is 29.3 Å². The van der Waals surface area contributed by atoms with Gasteiger partial charge in [0.15, 0.2) is 0 Å². The number of amides is 1. The highest BCUT2D eigenvalue weighted by atomic mass is 35.5. The van der Waals surface area contributed by atoms with E-state index < -0.39 is 5.91 Å². The van der Waals surface area contributed by atoms with E-state index in [9.17, 15) is 10.0 Å². The summed E-state index contributed by atoms with van der Waals surface area (Å²) in [6.45, 7) is 2.08. The lowest BCUT2D eigenvalue weighted by atomic mass is 9.81. The molecule has 0 saturated carbocycles. The first kappa shape index (κ1) is 13.1. The summed E-state index contributed by atoms with van der Waals surface area (Å²) in [5, 5.41) is 14.2. The highest BCUT2D eigenvalue weighted by Gasteiger charge is 2.44. The van der Waals surface area contributed by atoms with Crippen LogP contribution >= 0.6 is 12.4 Å². The second kappa shape index (κ2) is 4.42. The Morgan fingerprint density at radius 3 is 2.89 bits per heavy atom. The molecule has 1 spiro atoms. The number of hydrogen-bond donors (Lipinski definition) is 3. The number of fused-ring (bicyclic) bond motifs is 2. The fourth-order valence-electron chi connectivity index (χ4n) is 2.86. The first-order valence-corrected chi connectivity index (χ1v) is 5.73. The molecule has 1 aromatic rings. The highest BCUT2D eigenvalue weighted by molar-refractivity contribution is 5.93. The average molecular weight is 270 g/mol. The minimum Gasteiger partial charge on any atom is -0.384 e. The van der Waals surface area contributed by atoms with Crippen LogP contribution in [0.3, 0.4) is 0 Å². The van der Waals surface area contributed by atoms with Gasteiger partial charge in [0.05, 0.1) is 0 Å². The first-order valence-electron chi connectivity index (χ1n) is 5.73. The van der Waals surface area contributed by atoms with Crippen molar-refractivity contribution in [2.24, 2.45) is 5.73 Å². The van der Waals surface area contributed by atoms with E-state index in [0.29, 0.717) is 18.7 Å². The van der Waals surface area contributed by atoms with Gasteiger partial charge in [-0.3, -0.25) is 4.79 Å². The molecule has 1 atom stereocenters. The lowest BCUT2D eigenvalue weighted by Crippen LogP contribution is -2.32. The molecule has 0 aromatic heterocycles. The summed E-state index contributed by atoms with van der Waals surface area (Å²) in [5.41, 5.74) is 7.91. The molecule has 0 aliphatic carbocycles. The number of halogens is 1. The molecular formula is C12H16ClN3O2. The van der Waals surface area contributed by atoms with Crippen LogP contribution in [-0.4, -0.2) is 35.8 Å². The van der Waals surface area contributed by atoms with Crippen LogP contribution in [0, 0.1) is 0 Å². The normalized spacial score (nSPS) is 25.6. The van der Waals surface area contributed by atoms with Crippen molar-refractivity contribution in [3.63, 3.8) is 0 Å². The third-order valence-electron chi connectivity index (χ3n) is 3.83. The molecule has 0 radical (unpaired) electrons. The number of nitrogens with two attached hydrogens (primary N) is 1. The molecule has 98 valence electrons. The number of anilines is 1. The number of carbonyl (C=O) groups excluding carboxylic acids is 1. The SMILES string of the molecule is Cl.NC(=O)c1ccc2c(c1)C1(CCN(O)C1)CN2. The number of carbonyl (C=O) groups is 1. The van der Waals surface area contributed by atoms with Gasteiger partial charge in [0.2, 0.25) is 5.91 Å². The number of primary amides is 1. The predicted octanol–water partition coefficient (Wildman–Crippen LogP) is 0.965. The predicted molar refractivity (Wildman–Crippen MR) is 70.4 cm³/mol. The summed E-state index contributed by atoms with van der Waals surface area (Å²) in [7, 11) is 0. The van der Waals surface area contributed by atoms with Crippen LogP contribution in [0.2, 0.25) is 0 Å². The van der Waals surface area contributed by atoms with Gasteiger partial charge >= 0.3 is 0 Å². The Hall–Kier alpha value is -1.30. The zero-order chi connectivity index (χ0) is 12.0. The van der Waals surface area contributed by atoms with E-state index in [2.05, 4.69) is 5.32 Å². The Kier molecular flexibility index (Phi) is 3.23. The van der Waals surface area contributed by atoms with Crippen molar-refractivity contribution in [1.29, 1.82) is 0 Å².